The number of rotatable bonds is 4. The molecule has 1 aromatic carbocycles. The first-order valence-electron chi connectivity index (χ1n) is 7.42. The quantitative estimate of drug-likeness (QED) is 0.868. The second kappa shape index (κ2) is 7.11. The van der Waals surface area contributed by atoms with E-state index in [2.05, 4.69) is 5.32 Å². The van der Waals surface area contributed by atoms with Crippen LogP contribution in [-0.4, -0.2) is 31.5 Å². The van der Waals surface area contributed by atoms with E-state index in [1.165, 1.54) is 6.08 Å². The number of hydrogen-bond donors (Lipinski definition) is 1. The van der Waals surface area contributed by atoms with Crippen molar-refractivity contribution in [1.82, 2.24) is 5.32 Å². The van der Waals surface area contributed by atoms with Crippen LogP contribution in [0.25, 0.3) is 0 Å². The van der Waals surface area contributed by atoms with Gasteiger partial charge in [0.1, 0.15) is 11.8 Å². The third kappa shape index (κ3) is 3.67. The van der Waals surface area contributed by atoms with E-state index in [0.29, 0.717) is 18.7 Å². The van der Waals surface area contributed by atoms with Gasteiger partial charge < -0.3 is 15.0 Å². The van der Waals surface area contributed by atoms with Gasteiger partial charge in [0.25, 0.3) is 0 Å². The van der Waals surface area contributed by atoms with E-state index in [1.54, 1.807) is 12.0 Å². The Morgan fingerprint density at radius 2 is 2.09 bits per heavy atom. The van der Waals surface area contributed by atoms with Crippen LogP contribution in [0, 0.1) is 0 Å². The van der Waals surface area contributed by atoms with Crippen LogP contribution in [0.5, 0.6) is 5.75 Å². The highest BCUT2D eigenvalue weighted by molar-refractivity contribution is 6.02. The van der Waals surface area contributed by atoms with Crippen LogP contribution in [0.4, 0.5) is 5.69 Å². The van der Waals surface area contributed by atoms with Crippen molar-refractivity contribution in [3.63, 3.8) is 0 Å². The lowest BCUT2D eigenvalue weighted by Gasteiger charge is -2.33. The molecule has 2 rings (SSSR count). The number of carbonyl (C=O) groups excluding carboxylic acids is 2. The topological polar surface area (TPSA) is 58.6 Å². The molecule has 0 saturated carbocycles. The summed E-state index contributed by atoms with van der Waals surface area (Å²) in [5, 5.41) is 2.79. The van der Waals surface area contributed by atoms with Crippen molar-refractivity contribution in [3.8, 4) is 5.75 Å². The van der Waals surface area contributed by atoms with Crippen LogP contribution in [0.2, 0.25) is 0 Å². The Labute approximate surface area is 130 Å². The van der Waals surface area contributed by atoms with E-state index < -0.39 is 6.04 Å². The van der Waals surface area contributed by atoms with Gasteiger partial charge in [0.15, 0.2) is 0 Å². The van der Waals surface area contributed by atoms with E-state index in [0.717, 1.165) is 17.7 Å². The van der Waals surface area contributed by atoms with Crippen LogP contribution >= 0.6 is 0 Å². The second-order valence-corrected chi connectivity index (χ2v) is 5.59. The Balaban J connectivity index is 2.16. The van der Waals surface area contributed by atoms with Crippen LogP contribution in [0.15, 0.2) is 35.9 Å². The Morgan fingerprint density at radius 1 is 1.36 bits per heavy atom. The number of benzene rings is 1. The normalized spacial score (nSPS) is 17.9. The lowest BCUT2D eigenvalue weighted by molar-refractivity contribution is -0.126. The number of para-hydroxylation sites is 2. The standard InChI is InChI=1S/C17H22N2O3/c1-12(2)11-16(20)18-13-7-6-10-19(17(13)21)14-8-4-5-9-15(14)22-3/h4-5,8-9,11,13H,6-7,10H2,1-3H3,(H,18,20). The molecule has 1 atom stereocenters. The molecule has 1 heterocycles. The van der Waals surface area contributed by atoms with E-state index in [9.17, 15) is 9.59 Å². The van der Waals surface area contributed by atoms with Crippen molar-refractivity contribution in [2.75, 3.05) is 18.6 Å². The number of amides is 2. The number of nitrogens with one attached hydrogen (secondary N) is 1. The average molecular weight is 302 g/mol. The highest BCUT2D eigenvalue weighted by atomic mass is 16.5. The minimum Gasteiger partial charge on any atom is -0.495 e. The molecule has 0 spiro atoms. The summed E-state index contributed by atoms with van der Waals surface area (Å²) in [7, 11) is 1.58. The van der Waals surface area contributed by atoms with Crippen molar-refractivity contribution < 1.29 is 14.3 Å². The van der Waals surface area contributed by atoms with Crippen molar-refractivity contribution in [3.05, 3.63) is 35.9 Å². The first-order valence-corrected chi connectivity index (χ1v) is 7.42. The molecule has 1 aliphatic heterocycles. The summed E-state index contributed by atoms with van der Waals surface area (Å²) in [6, 6.07) is 6.94. The number of carbonyl (C=O) groups is 2. The first kappa shape index (κ1) is 16.1. The third-order valence-electron chi connectivity index (χ3n) is 3.55. The highest BCUT2D eigenvalue weighted by Gasteiger charge is 2.31. The largest absolute Gasteiger partial charge is 0.495 e. The molecule has 1 aliphatic rings. The van der Waals surface area contributed by atoms with E-state index in [-0.39, 0.29) is 11.8 Å². The number of nitrogens with zero attached hydrogens (tertiary/aromatic N) is 1. The zero-order valence-corrected chi connectivity index (χ0v) is 13.3. The Hall–Kier alpha value is -2.30. The molecule has 5 nitrogen and oxygen atoms in total. The Kier molecular flexibility index (Phi) is 5.20. The SMILES string of the molecule is COc1ccccc1N1CCCC(NC(=O)C=C(C)C)C1=O. The minimum absolute atomic E-state index is 0.0914. The maximum Gasteiger partial charge on any atom is 0.249 e. The van der Waals surface area contributed by atoms with Crippen LogP contribution < -0.4 is 15.0 Å². The number of allylic oxidation sites excluding steroid dienone is 1. The van der Waals surface area contributed by atoms with Gasteiger partial charge in [-0.1, -0.05) is 17.7 Å². The number of ether oxygens (including phenoxy) is 1. The van der Waals surface area contributed by atoms with Crippen molar-refractivity contribution in [2.24, 2.45) is 0 Å². The van der Waals surface area contributed by atoms with Gasteiger partial charge in [0.2, 0.25) is 11.8 Å². The zero-order chi connectivity index (χ0) is 16.1. The van der Waals surface area contributed by atoms with Gasteiger partial charge in [-0.15, -0.1) is 0 Å². The minimum atomic E-state index is -0.484. The number of hydrogen-bond acceptors (Lipinski definition) is 3. The van der Waals surface area contributed by atoms with Gasteiger partial charge in [-0.25, -0.2) is 0 Å². The van der Waals surface area contributed by atoms with Gasteiger partial charge in [0, 0.05) is 12.6 Å². The lowest BCUT2D eigenvalue weighted by Crippen LogP contribution is -2.52. The molecule has 0 aliphatic carbocycles. The molecule has 0 bridgehead atoms. The van der Waals surface area contributed by atoms with Crippen LogP contribution in [0.3, 0.4) is 0 Å². The summed E-state index contributed by atoms with van der Waals surface area (Å²) >= 11 is 0. The third-order valence-corrected chi connectivity index (χ3v) is 3.55. The molecular weight excluding hydrogens is 280 g/mol. The summed E-state index contributed by atoms with van der Waals surface area (Å²) in [6.07, 6.45) is 3.01. The second-order valence-electron chi connectivity index (χ2n) is 5.59. The smallest absolute Gasteiger partial charge is 0.249 e. The maximum atomic E-state index is 12.7. The molecule has 5 heteroatoms. The predicted octanol–water partition coefficient (Wildman–Crippen LogP) is 2.27. The summed E-state index contributed by atoms with van der Waals surface area (Å²) < 4.78 is 5.33. The summed E-state index contributed by atoms with van der Waals surface area (Å²) in [4.78, 5) is 26.2. The van der Waals surface area contributed by atoms with E-state index in [1.807, 2.05) is 38.1 Å². The highest BCUT2D eigenvalue weighted by Crippen LogP contribution is 2.30. The zero-order valence-electron chi connectivity index (χ0n) is 13.3. The van der Waals surface area contributed by atoms with E-state index in [4.69, 9.17) is 4.74 Å². The summed E-state index contributed by atoms with van der Waals surface area (Å²) in [5.74, 6) is 0.346. The summed E-state index contributed by atoms with van der Waals surface area (Å²) in [5.41, 5.74) is 1.65. The predicted molar refractivity (Wildman–Crippen MR) is 85.9 cm³/mol. The lowest BCUT2D eigenvalue weighted by atomic mass is 10.0. The van der Waals surface area contributed by atoms with Gasteiger partial charge in [-0.3, -0.25) is 9.59 Å². The number of methoxy groups -OCH3 is 1. The number of anilines is 1. The van der Waals surface area contributed by atoms with Gasteiger partial charge in [-0.2, -0.15) is 0 Å². The molecule has 2 amide bonds. The fourth-order valence-corrected chi connectivity index (χ4v) is 2.58. The van der Waals surface area contributed by atoms with E-state index >= 15 is 0 Å². The van der Waals surface area contributed by atoms with Gasteiger partial charge in [0.05, 0.1) is 12.8 Å². The molecule has 1 saturated heterocycles. The molecule has 118 valence electrons. The molecule has 0 radical (unpaired) electrons. The molecule has 22 heavy (non-hydrogen) atoms. The number of piperidine rings is 1. The molecule has 1 N–H and O–H groups in total. The average Bonchev–Trinajstić information content (AvgIpc) is 2.48. The fraction of sp³-hybridized carbons (Fsp3) is 0.412. The monoisotopic (exact) mass is 302 g/mol. The van der Waals surface area contributed by atoms with Gasteiger partial charge in [-0.05, 0) is 38.8 Å². The molecule has 1 fully saturated rings. The molecular formula is C17H22N2O3. The molecule has 0 aromatic heterocycles. The van der Waals surface area contributed by atoms with Crippen LogP contribution in [-0.2, 0) is 9.59 Å². The van der Waals surface area contributed by atoms with Crippen molar-refractivity contribution in [2.45, 2.75) is 32.7 Å². The maximum absolute atomic E-state index is 12.7. The summed E-state index contributed by atoms with van der Waals surface area (Å²) in [6.45, 7) is 4.33. The molecule has 1 aromatic rings. The van der Waals surface area contributed by atoms with Crippen molar-refractivity contribution in [1.29, 1.82) is 0 Å². The van der Waals surface area contributed by atoms with Crippen molar-refractivity contribution >= 4 is 17.5 Å². The molecule has 1 unspecified atom stereocenters. The van der Waals surface area contributed by atoms with Gasteiger partial charge >= 0.3 is 0 Å². The van der Waals surface area contributed by atoms with Crippen LogP contribution in [0.1, 0.15) is 26.7 Å². The fourth-order valence-electron chi connectivity index (χ4n) is 2.58. The first-order chi connectivity index (χ1) is 10.5. The Bertz CT molecular complexity index is 591. The Morgan fingerprint density at radius 3 is 2.77 bits per heavy atom.